The number of nitrogens with zero attached hydrogens (tertiary/aromatic N) is 1. The van der Waals surface area contributed by atoms with Gasteiger partial charge in [0, 0.05) is 6.07 Å². The van der Waals surface area contributed by atoms with Gasteiger partial charge in [-0.25, -0.2) is 4.98 Å². The second kappa shape index (κ2) is 4.88. The summed E-state index contributed by atoms with van der Waals surface area (Å²) in [7, 11) is 0. The van der Waals surface area contributed by atoms with Crippen LogP contribution >= 0.6 is 11.6 Å². The number of aromatic nitrogens is 1. The van der Waals surface area contributed by atoms with Crippen LogP contribution in [0.1, 0.15) is 5.69 Å². The number of aliphatic carboxylic acids is 1. The van der Waals surface area contributed by atoms with E-state index in [0.717, 1.165) is 6.07 Å². The normalized spacial score (nSPS) is 10.4. The minimum atomic E-state index is -3.00. The Bertz CT molecular complexity index is 373. The molecule has 1 aromatic rings. The molecule has 0 saturated heterocycles. The lowest BCUT2D eigenvalue weighted by Gasteiger charge is -2.05. The maximum atomic E-state index is 11.8. The number of pyridine rings is 1. The van der Waals surface area contributed by atoms with E-state index in [1.54, 1.807) is 0 Å². The molecule has 0 aliphatic rings. The quantitative estimate of drug-likeness (QED) is 0.870. The number of alkyl halides is 2. The summed E-state index contributed by atoms with van der Waals surface area (Å²) in [5.41, 5.74) is -0.0117. The number of halogens is 3. The van der Waals surface area contributed by atoms with E-state index in [1.807, 2.05) is 0 Å². The largest absolute Gasteiger partial charge is 0.481 e. The number of ether oxygens (including phenoxy) is 1. The van der Waals surface area contributed by atoms with Crippen LogP contribution in [-0.4, -0.2) is 22.7 Å². The molecule has 1 aromatic heterocycles. The number of rotatable bonds is 4. The van der Waals surface area contributed by atoms with Crippen molar-refractivity contribution in [3.63, 3.8) is 0 Å². The summed E-state index contributed by atoms with van der Waals surface area (Å²) in [5, 5.41) is 8.57. The molecule has 15 heavy (non-hydrogen) atoms. The van der Waals surface area contributed by atoms with Gasteiger partial charge in [0.15, 0.2) is 0 Å². The standard InChI is InChI=1S/C8H6ClF2NO3/c9-4-1-2-6(15-8(10)11)12-5(4)3-7(13)14/h1-2,8H,3H2,(H,13,14). The lowest BCUT2D eigenvalue weighted by atomic mass is 10.3. The van der Waals surface area contributed by atoms with Gasteiger partial charge in [0.2, 0.25) is 5.88 Å². The van der Waals surface area contributed by atoms with E-state index >= 15 is 0 Å². The molecule has 0 saturated carbocycles. The molecule has 1 rings (SSSR count). The van der Waals surface area contributed by atoms with E-state index in [4.69, 9.17) is 16.7 Å². The minimum absolute atomic E-state index is 0.0117. The van der Waals surface area contributed by atoms with Crippen molar-refractivity contribution in [1.82, 2.24) is 4.98 Å². The van der Waals surface area contributed by atoms with Gasteiger partial charge in [0.05, 0.1) is 17.1 Å². The van der Waals surface area contributed by atoms with Gasteiger partial charge in [-0.2, -0.15) is 8.78 Å². The van der Waals surface area contributed by atoms with Crippen LogP contribution in [-0.2, 0) is 11.2 Å². The summed E-state index contributed by atoms with van der Waals surface area (Å²) in [6, 6.07) is 2.39. The highest BCUT2D eigenvalue weighted by Gasteiger charge is 2.11. The van der Waals surface area contributed by atoms with Gasteiger partial charge < -0.3 is 9.84 Å². The third kappa shape index (κ3) is 3.67. The first-order chi connectivity index (χ1) is 6.99. The molecule has 7 heteroatoms. The maximum absolute atomic E-state index is 11.8. The zero-order valence-electron chi connectivity index (χ0n) is 7.28. The smallest absolute Gasteiger partial charge is 0.388 e. The first-order valence-corrected chi connectivity index (χ1v) is 4.19. The highest BCUT2D eigenvalue weighted by atomic mass is 35.5. The fourth-order valence-electron chi connectivity index (χ4n) is 0.888. The van der Waals surface area contributed by atoms with Gasteiger partial charge in [-0.15, -0.1) is 0 Å². The molecule has 0 aliphatic heterocycles. The van der Waals surface area contributed by atoms with Crippen LogP contribution in [0.15, 0.2) is 12.1 Å². The Balaban J connectivity index is 2.89. The highest BCUT2D eigenvalue weighted by molar-refractivity contribution is 6.31. The number of hydrogen-bond acceptors (Lipinski definition) is 3. The zero-order valence-corrected chi connectivity index (χ0v) is 8.04. The number of carboxylic acid groups (broad SMARTS) is 1. The summed E-state index contributed by atoms with van der Waals surface area (Å²) in [6.45, 7) is -3.00. The van der Waals surface area contributed by atoms with Crippen molar-refractivity contribution >= 4 is 17.6 Å². The van der Waals surface area contributed by atoms with Crippen LogP contribution in [0.3, 0.4) is 0 Å². The number of hydrogen-bond donors (Lipinski definition) is 1. The van der Waals surface area contributed by atoms with Gasteiger partial charge in [0.25, 0.3) is 0 Å². The Hall–Kier alpha value is -1.43. The van der Waals surface area contributed by atoms with Crippen molar-refractivity contribution in [3.05, 3.63) is 22.8 Å². The van der Waals surface area contributed by atoms with Crippen molar-refractivity contribution in [1.29, 1.82) is 0 Å². The highest BCUT2D eigenvalue weighted by Crippen LogP contribution is 2.19. The van der Waals surface area contributed by atoms with Crippen LogP contribution in [0, 0.1) is 0 Å². The molecule has 0 spiro atoms. The third-order valence-electron chi connectivity index (χ3n) is 1.42. The van der Waals surface area contributed by atoms with Crippen LogP contribution in [0.2, 0.25) is 5.02 Å². The molecule has 4 nitrogen and oxygen atoms in total. The van der Waals surface area contributed by atoms with E-state index in [0.29, 0.717) is 0 Å². The maximum Gasteiger partial charge on any atom is 0.388 e. The predicted octanol–water partition coefficient (Wildman–Crippen LogP) is 1.96. The molecule has 0 fully saturated rings. The van der Waals surface area contributed by atoms with Crippen molar-refractivity contribution in [2.24, 2.45) is 0 Å². The van der Waals surface area contributed by atoms with E-state index in [9.17, 15) is 13.6 Å². The van der Waals surface area contributed by atoms with Gasteiger partial charge in [-0.05, 0) is 6.07 Å². The molecule has 1 heterocycles. The van der Waals surface area contributed by atoms with Gasteiger partial charge >= 0.3 is 12.6 Å². The average molecular weight is 238 g/mol. The summed E-state index contributed by atoms with van der Waals surface area (Å²) in [5.74, 6) is -1.51. The van der Waals surface area contributed by atoms with Crippen molar-refractivity contribution in [2.45, 2.75) is 13.0 Å². The van der Waals surface area contributed by atoms with Crippen LogP contribution in [0.4, 0.5) is 8.78 Å². The molecular weight excluding hydrogens is 232 g/mol. The molecule has 0 radical (unpaired) electrons. The molecular formula is C8H6ClF2NO3. The number of carbonyl (C=O) groups is 1. The Kier molecular flexibility index (Phi) is 3.79. The van der Waals surface area contributed by atoms with Gasteiger partial charge in [-0.1, -0.05) is 11.6 Å². The molecule has 0 aliphatic carbocycles. The summed E-state index contributed by atoms with van der Waals surface area (Å²) in [6.07, 6.45) is -0.445. The van der Waals surface area contributed by atoms with Crippen molar-refractivity contribution < 1.29 is 23.4 Å². The zero-order chi connectivity index (χ0) is 11.4. The molecule has 0 atom stereocenters. The summed E-state index contributed by atoms with van der Waals surface area (Å²) in [4.78, 5) is 13.9. The third-order valence-corrected chi connectivity index (χ3v) is 1.77. The van der Waals surface area contributed by atoms with Crippen LogP contribution in [0.5, 0.6) is 5.88 Å². The van der Waals surface area contributed by atoms with E-state index < -0.39 is 19.0 Å². The second-order valence-electron chi connectivity index (χ2n) is 2.53. The Morgan fingerprint density at radius 3 is 2.80 bits per heavy atom. The SMILES string of the molecule is O=C(O)Cc1nc(OC(F)F)ccc1Cl. The minimum Gasteiger partial charge on any atom is -0.481 e. The van der Waals surface area contributed by atoms with Crippen molar-refractivity contribution in [2.75, 3.05) is 0 Å². The lowest BCUT2D eigenvalue weighted by molar-refractivity contribution is -0.136. The first-order valence-electron chi connectivity index (χ1n) is 3.81. The fraction of sp³-hybridized carbons (Fsp3) is 0.250. The Morgan fingerprint density at radius 2 is 2.27 bits per heavy atom. The number of carboxylic acids is 1. The molecule has 0 unspecified atom stereocenters. The Morgan fingerprint density at radius 1 is 1.60 bits per heavy atom. The first kappa shape index (κ1) is 11.6. The topological polar surface area (TPSA) is 59.4 Å². The molecule has 1 N–H and O–H groups in total. The van der Waals surface area contributed by atoms with Crippen LogP contribution < -0.4 is 4.74 Å². The van der Waals surface area contributed by atoms with E-state index in [1.165, 1.54) is 6.07 Å². The monoisotopic (exact) mass is 237 g/mol. The lowest BCUT2D eigenvalue weighted by Crippen LogP contribution is -2.07. The molecule has 0 aromatic carbocycles. The molecule has 0 amide bonds. The second-order valence-corrected chi connectivity index (χ2v) is 2.93. The Labute approximate surface area is 88.4 Å². The fourth-order valence-corrected chi connectivity index (χ4v) is 1.06. The van der Waals surface area contributed by atoms with E-state index in [2.05, 4.69) is 9.72 Å². The summed E-state index contributed by atoms with van der Waals surface area (Å²) < 4.78 is 27.6. The molecule has 82 valence electrons. The van der Waals surface area contributed by atoms with Crippen molar-refractivity contribution in [3.8, 4) is 5.88 Å². The predicted molar refractivity (Wildman–Crippen MR) is 47.2 cm³/mol. The van der Waals surface area contributed by atoms with Gasteiger partial charge in [-0.3, -0.25) is 4.79 Å². The average Bonchev–Trinajstić information content (AvgIpc) is 2.09. The van der Waals surface area contributed by atoms with Gasteiger partial charge in [0.1, 0.15) is 0 Å². The van der Waals surface area contributed by atoms with Crippen LogP contribution in [0.25, 0.3) is 0 Å². The summed E-state index contributed by atoms with van der Waals surface area (Å²) >= 11 is 5.61. The molecule has 0 bridgehead atoms. The van der Waals surface area contributed by atoms with E-state index in [-0.39, 0.29) is 16.6 Å².